The van der Waals surface area contributed by atoms with E-state index in [0.717, 1.165) is 24.3 Å². The summed E-state index contributed by atoms with van der Waals surface area (Å²) in [6.45, 7) is 4.88. The van der Waals surface area contributed by atoms with Crippen molar-refractivity contribution >= 4 is 23.0 Å². The number of piperidine rings is 1. The zero-order valence-corrected chi connectivity index (χ0v) is 15.7. The molecule has 8 heteroatoms. The fraction of sp³-hybridized carbons (Fsp3) is 0.444. The predicted octanol–water partition coefficient (Wildman–Crippen LogP) is 2.33. The molecule has 0 saturated carbocycles. The fourth-order valence-corrected chi connectivity index (χ4v) is 4.15. The highest BCUT2D eigenvalue weighted by Crippen LogP contribution is 2.22. The molecule has 3 aromatic rings. The minimum Gasteiger partial charge on any atom is -0.338 e. The SMILES string of the molecule is Cc1cc(=O)n2nc(-c3cccs3)nc2n1CC(=O)N1CCCC[C@H]1C. The van der Waals surface area contributed by atoms with E-state index in [0.29, 0.717) is 17.3 Å². The summed E-state index contributed by atoms with van der Waals surface area (Å²) in [5.41, 5.74) is 0.480. The van der Waals surface area contributed by atoms with Crippen molar-refractivity contribution in [2.45, 2.75) is 45.7 Å². The van der Waals surface area contributed by atoms with Crippen LogP contribution in [0.2, 0.25) is 0 Å². The Hall–Kier alpha value is -2.48. The van der Waals surface area contributed by atoms with E-state index in [2.05, 4.69) is 17.0 Å². The van der Waals surface area contributed by atoms with Crippen LogP contribution in [-0.4, -0.2) is 42.6 Å². The van der Waals surface area contributed by atoms with Crippen molar-refractivity contribution < 1.29 is 4.79 Å². The quantitative estimate of drug-likeness (QED) is 0.708. The molecule has 3 aromatic heterocycles. The number of likely N-dealkylation sites (tertiary alicyclic amines) is 1. The Labute approximate surface area is 154 Å². The van der Waals surface area contributed by atoms with E-state index in [-0.39, 0.29) is 24.1 Å². The maximum Gasteiger partial charge on any atom is 0.275 e. The van der Waals surface area contributed by atoms with Gasteiger partial charge in [-0.1, -0.05) is 6.07 Å². The van der Waals surface area contributed by atoms with Gasteiger partial charge < -0.3 is 9.47 Å². The first-order valence-corrected chi connectivity index (χ1v) is 9.73. The second kappa shape index (κ2) is 6.68. The molecule has 1 aliphatic heterocycles. The van der Waals surface area contributed by atoms with E-state index in [1.807, 2.05) is 29.3 Å². The van der Waals surface area contributed by atoms with Crippen LogP contribution in [0.3, 0.4) is 0 Å². The molecule has 1 fully saturated rings. The summed E-state index contributed by atoms with van der Waals surface area (Å²) in [4.78, 5) is 32.6. The lowest BCUT2D eigenvalue weighted by atomic mass is 10.0. The van der Waals surface area contributed by atoms with E-state index in [1.54, 1.807) is 4.57 Å². The Kier molecular flexibility index (Phi) is 4.36. The standard InChI is InChI=1S/C18H21N5O2S/c1-12-6-3-4-8-21(12)16(25)11-22-13(2)10-15(24)23-18(22)19-17(20-23)14-7-5-9-26-14/h5,7,9-10,12H,3-4,6,8,11H2,1-2H3/t12-/m1/s1. The molecule has 4 rings (SSSR count). The number of nitrogens with zero attached hydrogens (tertiary/aromatic N) is 5. The Morgan fingerprint density at radius 1 is 1.38 bits per heavy atom. The highest BCUT2D eigenvalue weighted by Gasteiger charge is 2.24. The Balaban J connectivity index is 1.74. The Morgan fingerprint density at radius 3 is 2.96 bits per heavy atom. The molecule has 1 saturated heterocycles. The predicted molar refractivity (Wildman–Crippen MR) is 100 cm³/mol. The zero-order chi connectivity index (χ0) is 18.3. The molecule has 7 nitrogen and oxygen atoms in total. The number of carbonyl (C=O) groups excluding carboxylic acids is 1. The highest BCUT2D eigenvalue weighted by atomic mass is 32.1. The average molecular weight is 371 g/mol. The normalized spacial score (nSPS) is 17.8. The summed E-state index contributed by atoms with van der Waals surface area (Å²) >= 11 is 1.52. The lowest BCUT2D eigenvalue weighted by molar-refractivity contribution is -0.135. The first kappa shape index (κ1) is 17.0. The van der Waals surface area contributed by atoms with Gasteiger partial charge in [0.1, 0.15) is 6.54 Å². The first-order chi connectivity index (χ1) is 12.5. The van der Waals surface area contributed by atoms with Crippen molar-refractivity contribution in [2.75, 3.05) is 6.54 Å². The van der Waals surface area contributed by atoms with Crippen molar-refractivity contribution in [3.63, 3.8) is 0 Å². The molecule has 136 valence electrons. The van der Waals surface area contributed by atoms with Crippen LogP contribution in [0, 0.1) is 6.92 Å². The van der Waals surface area contributed by atoms with Crippen molar-refractivity contribution in [1.82, 2.24) is 24.1 Å². The summed E-state index contributed by atoms with van der Waals surface area (Å²) in [6.07, 6.45) is 3.25. The largest absolute Gasteiger partial charge is 0.338 e. The van der Waals surface area contributed by atoms with E-state index < -0.39 is 0 Å². The van der Waals surface area contributed by atoms with Crippen LogP contribution in [-0.2, 0) is 11.3 Å². The third-order valence-electron chi connectivity index (χ3n) is 4.96. The fourth-order valence-electron chi connectivity index (χ4n) is 3.50. The summed E-state index contributed by atoms with van der Waals surface area (Å²) < 4.78 is 3.07. The summed E-state index contributed by atoms with van der Waals surface area (Å²) in [6, 6.07) is 5.60. The minimum atomic E-state index is -0.233. The second-order valence-electron chi connectivity index (χ2n) is 6.77. The van der Waals surface area contributed by atoms with Crippen LogP contribution in [0.4, 0.5) is 0 Å². The van der Waals surface area contributed by atoms with E-state index >= 15 is 0 Å². The number of amides is 1. The molecule has 1 aliphatic rings. The van der Waals surface area contributed by atoms with Gasteiger partial charge >= 0.3 is 0 Å². The molecule has 1 amide bonds. The van der Waals surface area contributed by atoms with E-state index in [9.17, 15) is 9.59 Å². The van der Waals surface area contributed by atoms with E-state index in [1.165, 1.54) is 28.3 Å². The van der Waals surface area contributed by atoms with Gasteiger partial charge in [0.2, 0.25) is 11.7 Å². The molecule has 0 aromatic carbocycles. The van der Waals surface area contributed by atoms with Gasteiger partial charge in [-0.2, -0.15) is 9.50 Å². The van der Waals surface area contributed by atoms with Gasteiger partial charge in [-0.05, 0) is 44.6 Å². The van der Waals surface area contributed by atoms with Gasteiger partial charge in [0.05, 0.1) is 4.88 Å². The molecule has 0 unspecified atom stereocenters. The third-order valence-corrected chi connectivity index (χ3v) is 5.82. The highest BCUT2D eigenvalue weighted by molar-refractivity contribution is 7.13. The van der Waals surface area contributed by atoms with Crippen molar-refractivity contribution in [3.8, 4) is 10.7 Å². The number of hydrogen-bond acceptors (Lipinski definition) is 5. The average Bonchev–Trinajstić information content (AvgIpc) is 3.28. The van der Waals surface area contributed by atoms with Gasteiger partial charge in [0.25, 0.3) is 5.56 Å². The van der Waals surface area contributed by atoms with Crippen molar-refractivity contribution in [2.24, 2.45) is 0 Å². The summed E-state index contributed by atoms with van der Waals surface area (Å²) in [7, 11) is 0. The number of fused-ring (bicyclic) bond motifs is 1. The van der Waals surface area contributed by atoms with Crippen LogP contribution in [0.25, 0.3) is 16.5 Å². The van der Waals surface area contributed by atoms with Gasteiger partial charge in [0.15, 0.2) is 5.82 Å². The molecule has 0 aliphatic carbocycles. The second-order valence-corrected chi connectivity index (χ2v) is 7.71. The van der Waals surface area contributed by atoms with Crippen molar-refractivity contribution in [1.29, 1.82) is 0 Å². The molecule has 0 radical (unpaired) electrons. The smallest absolute Gasteiger partial charge is 0.275 e. The van der Waals surface area contributed by atoms with Gasteiger partial charge in [-0.15, -0.1) is 16.4 Å². The number of hydrogen-bond donors (Lipinski definition) is 0. The number of rotatable bonds is 3. The molecule has 0 spiro atoms. The van der Waals surface area contributed by atoms with Crippen LogP contribution in [0.15, 0.2) is 28.4 Å². The molecule has 26 heavy (non-hydrogen) atoms. The number of aryl methyl sites for hydroxylation is 1. The van der Waals surface area contributed by atoms with Crippen LogP contribution >= 0.6 is 11.3 Å². The number of thiophene rings is 1. The zero-order valence-electron chi connectivity index (χ0n) is 14.9. The van der Waals surface area contributed by atoms with Crippen molar-refractivity contribution in [3.05, 3.63) is 39.6 Å². The monoisotopic (exact) mass is 371 g/mol. The lowest BCUT2D eigenvalue weighted by Crippen LogP contribution is -2.44. The first-order valence-electron chi connectivity index (χ1n) is 8.85. The molecule has 0 bridgehead atoms. The molecular formula is C18H21N5O2S. The Morgan fingerprint density at radius 2 is 2.23 bits per heavy atom. The molecule has 4 heterocycles. The maximum atomic E-state index is 12.9. The number of aromatic nitrogens is 4. The van der Waals surface area contributed by atoms with E-state index in [4.69, 9.17) is 0 Å². The van der Waals surface area contributed by atoms with Gasteiger partial charge in [-0.3, -0.25) is 9.59 Å². The van der Waals surface area contributed by atoms with Crippen LogP contribution < -0.4 is 5.56 Å². The summed E-state index contributed by atoms with van der Waals surface area (Å²) in [5, 5.41) is 6.29. The minimum absolute atomic E-state index is 0.0616. The van der Waals surface area contributed by atoms with Gasteiger partial charge in [0, 0.05) is 24.3 Å². The summed E-state index contributed by atoms with van der Waals surface area (Å²) in [5.74, 6) is 0.984. The number of carbonyl (C=O) groups is 1. The lowest BCUT2D eigenvalue weighted by Gasteiger charge is -2.33. The van der Waals surface area contributed by atoms with Crippen LogP contribution in [0.1, 0.15) is 31.9 Å². The third kappa shape index (κ3) is 2.94. The molecule has 0 N–H and O–H groups in total. The molecular weight excluding hydrogens is 350 g/mol. The molecule has 1 atom stereocenters. The Bertz CT molecular complexity index is 1000. The van der Waals surface area contributed by atoms with Gasteiger partial charge in [-0.25, -0.2) is 0 Å². The topological polar surface area (TPSA) is 72.5 Å². The van der Waals surface area contributed by atoms with Crippen LogP contribution in [0.5, 0.6) is 0 Å². The maximum absolute atomic E-state index is 12.9.